The molecule has 0 aromatic rings. The molecule has 0 bridgehead atoms. The lowest BCUT2D eigenvalue weighted by atomic mass is 10.0. The highest BCUT2D eigenvalue weighted by Gasteiger charge is 2.30. The number of hydrogen-bond acceptors (Lipinski definition) is 15. The third kappa shape index (κ3) is 70.3. The fourth-order valence-corrected chi connectivity index (χ4v) is 13.1. The maximum Gasteiger partial charge on any atom is 0.472 e. The van der Waals surface area contributed by atoms with Gasteiger partial charge in [-0.3, -0.25) is 37.3 Å². The molecule has 95 heavy (non-hydrogen) atoms. The summed E-state index contributed by atoms with van der Waals surface area (Å²) in [4.78, 5) is 72.8. The molecule has 3 unspecified atom stereocenters. The van der Waals surface area contributed by atoms with E-state index in [-0.39, 0.29) is 25.7 Å². The number of ether oxygens (including phenoxy) is 4. The molecule has 0 aliphatic rings. The van der Waals surface area contributed by atoms with Gasteiger partial charge >= 0.3 is 39.5 Å². The normalized spacial score (nSPS) is 14.1. The van der Waals surface area contributed by atoms with Gasteiger partial charge in [-0.25, -0.2) is 9.13 Å². The van der Waals surface area contributed by atoms with Crippen molar-refractivity contribution in [3.05, 3.63) is 0 Å². The standard InChI is InChI=1S/C76H148O17P2/c1-66(2)52-44-36-28-21-16-13-11-9-10-12-14-18-25-33-42-50-58-75(80)92-71(62-86-73(78)56-48-40-32-24-19-15-17-22-29-37-45-53-67(3)4)64-90-94(82,83)88-60-70(77)61-89-95(84,85)91-65-72(63-87-74(79)57-49-41-35-27-31-39-47-55-69(7)8)93-76(81)59-51-43-34-26-20-23-30-38-46-54-68(5)6/h66-72,77H,9-65H2,1-8H3,(H,82,83)(H,84,85)/t70?,71-,72-/m1/s1. The third-order valence-electron chi connectivity index (χ3n) is 17.6. The minimum atomic E-state index is -4.96. The van der Waals surface area contributed by atoms with Crippen LogP contribution in [0.3, 0.4) is 0 Å². The summed E-state index contributed by atoms with van der Waals surface area (Å²) in [6.07, 6.45) is 50.1. The number of aliphatic hydroxyl groups excluding tert-OH is 1. The first kappa shape index (κ1) is 93.1. The van der Waals surface area contributed by atoms with E-state index in [1.165, 1.54) is 180 Å². The summed E-state index contributed by atoms with van der Waals surface area (Å²) in [6, 6.07) is 0. The van der Waals surface area contributed by atoms with Gasteiger partial charge in [-0.2, -0.15) is 0 Å². The van der Waals surface area contributed by atoms with Crippen molar-refractivity contribution in [2.24, 2.45) is 23.7 Å². The average Bonchev–Trinajstić information content (AvgIpc) is 3.57. The highest BCUT2D eigenvalue weighted by atomic mass is 31.2. The molecular weight excluding hydrogens is 1250 g/mol. The monoisotopic (exact) mass is 1400 g/mol. The molecule has 0 aliphatic heterocycles. The van der Waals surface area contributed by atoms with Gasteiger partial charge in [-0.15, -0.1) is 0 Å². The molecule has 0 rings (SSSR count). The summed E-state index contributed by atoms with van der Waals surface area (Å²) in [5, 5.41) is 10.6. The Balaban J connectivity index is 5.24. The Hall–Kier alpha value is -1.94. The highest BCUT2D eigenvalue weighted by Crippen LogP contribution is 2.45. The Bertz CT molecular complexity index is 1870. The maximum absolute atomic E-state index is 13.1. The van der Waals surface area contributed by atoms with Crippen LogP contribution in [0, 0.1) is 23.7 Å². The Kier molecular flexibility index (Phi) is 64.0. The Morgan fingerprint density at radius 2 is 0.442 bits per heavy atom. The van der Waals surface area contributed by atoms with Crippen LogP contribution >= 0.6 is 15.6 Å². The lowest BCUT2D eigenvalue weighted by Gasteiger charge is -2.21. The quantitative estimate of drug-likeness (QED) is 0.0222. The molecule has 0 amide bonds. The van der Waals surface area contributed by atoms with Gasteiger partial charge in [0.05, 0.1) is 26.4 Å². The van der Waals surface area contributed by atoms with Crippen LogP contribution in [0.15, 0.2) is 0 Å². The number of unbranched alkanes of at least 4 members (excludes halogenated alkanes) is 39. The van der Waals surface area contributed by atoms with Crippen LogP contribution < -0.4 is 0 Å². The fraction of sp³-hybridized carbons (Fsp3) is 0.947. The summed E-state index contributed by atoms with van der Waals surface area (Å²) in [7, 11) is -9.91. The van der Waals surface area contributed by atoms with Crippen LogP contribution in [0.1, 0.15) is 383 Å². The molecule has 3 N–H and O–H groups in total. The summed E-state index contributed by atoms with van der Waals surface area (Å²) in [6.45, 7) is 14.2. The second-order valence-electron chi connectivity index (χ2n) is 29.3. The van der Waals surface area contributed by atoms with Crippen molar-refractivity contribution in [2.75, 3.05) is 39.6 Å². The number of hydrogen-bond donors (Lipinski definition) is 3. The molecule has 0 aromatic carbocycles. The maximum atomic E-state index is 13.1. The Morgan fingerprint density at radius 3 is 0.653 bits per heavy atom. The summed E-state index contributed by atoms with van der Waals surface area (Å²) >= 11 is 0. The number of phosphoric acid groups is 2. The minimum absolute atomic E-state index is 0.104. The average molecular weight is 1400 g/mol. The lowest BCUT2D eigenvalue weighted by Crippen LogP contribution is -2.30. The highest BCUT2D eigenvalue weighted by molar-refractivity contribution is 7.47. The van der Waals surface area contributed by atoms with Crippen LogP contribution in [0.25, 0.3) is 0 Å². The van der Waals surface area contributed by atoms with Gasteiger partial charge in [0.15, 0.2) is 12.2 Å². The summed E-state index contributed by atoms with van der Waals surface area (Å²) in [5.41, 5.74) is 0. The Labute approximate surface area is 581 Å². The van der Waals surface area contributed by atoms with Gasteiger partial charge in [0.25, 0.3) is 0 Å². The predicted octanol–water partition coefficient (Wildman–Crippen LogP) is 22.0. The topological polar surface area (TPSA) is 237 Å². The van der Waals surface area contributed by atoms with E-state index in [0.717, 1.165) is 114 Å². The molecule has 0 aliphatic carbocycles. The first-order chi connectivity index (χ1) is 45.6. The zero-order valence-electron chi connectivity index (χ0n) is 62.3. The number of rotatable bonds is 73. The van der Waals surface area contributed by atoms with Gasteiger partial charge in [-0.05, 0) is 49.4 Å². The van der Waals surface area contributed by atoms with E-state index >= 15 is 0 Å². The van der Waals surface area contributed by atoms with Gasteiger partial charge in [0.1, 0.15) is 19.3 Å². The zero-order chi connectivity index (χ0) is 70.3. The van der Waals surface area contributed by atoms with Gasteiger partial charge in [0, 0.05) is 25.7 Å². The van der Waals surface area contributed by atoms with Crippen LogP contribution in [-0.4, -0.2) is 96.7 Å². The molecule has 5 atom stereocenters. The van der Waals surface area contributed by atoms with Crippen molar-refractivity contribution in [3.8, 4) is 0 Å². The fourth-order valence-electron chi connectivity index (χ4n) is 11.6. The van der Waals surface area contributed by atoms with Crippen LogP contribution in [-0.2, 0) is 65.4 Å². The summed E-state index contributed by atoms with van der Waals surface area (Å²) < 4.78 is 68.5. The van der Waals surface area contributed by atoms with E-state index in [1.807, 2.05) is 0 Å². The van der Waals surface area contributed by atoms with E-state index in [4.69, 9.17) is 37.0 Å². The van der Waals surface area contributed by atoms with Crippen molar-refractivity contribution in [3.63, 3.8) is 0 Å². The predicted molar refractivity (Wildman–Crippen MR) is 386 cm³/mol. The smallest absolute Gasteiger partial charge is 0.462 e. The van der Waals surface area contributed by atoms with E-state index < -0.39 is 97.5 Å². The minimum Gasteiger partial charge on any atom is -0.462 e. The van der Waals surface area contributed by atoms with Crippen molar-refractivity contribution in [1.82, 2.24) is 0 Å². The molecule has 0 fully saturated rings. The molecule has 0 saturated heterocycles. The molecule has 0 spiro atoms. The summed E-state index contributed by atoms with van der Waals surface area (Å²) in [5.74, 6) is 0.900. The third-order valence-corrected chi connectivity index (χ3v) is 19.5. The van der Waals surface area contributed by atoms with Crippen molar-refractivity contribution in [1.29, 1.82) is 0 Å². The van der Waals surface area contributed by atoms with Gasteiger partial charge in [-0.1, -0.05) is 331 Å². The van der Waals surface area contributed by atoms with E-state index in [0.29, 0.717) is 31.6 Å². The Morgan fingerprint density at radius 1 is 0.263 bits per heavy atom. The largest absolute Gasteiger partial charge is 0.472 e. The first-order valence-electron chi connectivity index (χ1n) is 39.2. The first-order valence-corrected chi connectivity index (χ1v) is 42.2. The molecular formula is C76H148O17P2. The molecule has 0 saturated carbocycles. The van der Waals surface area contributed by atoms with Crippen LogP contribution in [0.5, 0.6) is 0 Å². The SMILES string of the molecule is CC(C)CCCCCCCCCCCCCCCCCCC(=O)O[C@H](COC(=O)CCCCCCCCCCCCCC(C)C)COP(=O)(O)OCC(O)COP(=O)(O)OC[C@@H](COC(=O)CCCCCCCCCC(C)C)OC(=O)CCCCCCCCCCCC(C)C. The molecule has 17 nitrogen and oxygen atoms in total. The number of carbonyl (C=O) groups is 4. The number of phosphoric ester groups is 2. The van der Waals surface area contributed by atoms with Gasteiger partial charge in [0.2, 0.25) is 0 Å². The number of esters is 4. The van der Waals surface area contributed by atoms with Crippen molar-refractivity contribution in [2.45, 2.75) is 401 Å². The van der Waals surface area contributed by atoms with E-state index in [1.54, 1.807) is 0 Å². The van der Waals surface area contributed by atoms with E-state index in [9.17, 15) is 43.2 Å². The van der Waals surface area contributed by atoms with Crippen LogP contribution in [0.4, 0.5) is 0 Å². The van der Waals surface area contributed by atoms with Gasteiger partial charge < -0.3 is 33.8 Å². The molecule has 0 heterocycles. The molecule has 0 radical (unpaired) electrons. The second-order valence-corrected chi connectivity index (χ2v) is 32.2. The molecule has 564 valence electrons. The van der Waals surface area contributed by atoms with Crippen molar-refractivity contribution >= 4 is 39.5 Å². The zero-order valence-corrected chi connectivity index (χ0v) is 64.1. The molecule has 19 heteroatoms. The van der Waals surface area contributed by atoms with E-state index in [2.05, 4.69) is 55.4 Å². The lowest BCUT2D eigenvalue weighted by molar-refractivity contribution is -0.161. The van der Waals surface area contributed by atoms with Crippen molar-refractivity contribution < 1.29 is 80.2 Å². The molecule has 0 aromatic heterocycles. The number of aliphatic hydroxyl groups is 1. The number of carbonyl (C=O) groups excluding carboxylic acids is 4. The van der Waals surface area contributed by atoms with Crippen LogP contribution in [0.2, 0.25) is 0 Å². The second kappa shape index (κ2) is 65.4.